The molecule has 0 bridgehead atoms. The minimum absolute atomic E-state index is 0.0256. The lowest BCUT2D eigenvalue weighted by molar-refractivity contribution is -0.133. The smallest absolute Gasteiger partial charge is 0.239 e. The molecule has 5 heteroatoms. The predicted octanol–water partition coefficient (Wildman–Crippen LogP) is 0.752. The summed E-state index contributed by atoms with van der Waals surface area (Å²) in [6.45, 7) is 4.53. The summed E-state index contributed by atoms with van der Waals surface area (Å²) in [6.07, 6.45) is 4.49. The van der Waals surface area contributed by atoms with Gasteiger partial charge in [0.05, 0.1) is 12.6 Å². The Morgan fingerprint density at radius 1 is 1.65 bits per heavy atom. The maximum Gasteiger partial charge on any atom is 0.239 e. The fraction of sp³-hybridized carbons (Fsp3) is 0.667. The van der Waals surface area contributed by atoms with E-state index in [9.17, 15) is 4.79 Å². The molecule has 1 heterocycles. The molecule has 0 spiro atoms. The highest BCUT2D eigenvalue weighted by Crippen LogP contribution is 2.09. The Bertz CT molecular complexity index is 374. The highest BCUT2D eigenvalue weighted by Gasteiger charge is 2.23. The molecule has 0 saturated heterocycles. The van der Waals surface area contributed by atoms with E-state index in [0.717, 1.165) is 12.2 Å². The first-order valence-corrected chi connectivity index (χ1v) is 5.94. The third kappa shape index (κ3) is 3.30. The van der Waals surface area contributed by atoms with Gasteiger partial charge in [-0.1, -0.05) is 20.3 Å². The van der Waals surface area contributed by atoms with Crippen LogP contribution < -0.4 is 5.73 Å². The number of aryl methyl sites for hydroxylation is 1. The normalized spacial score (nSPS) is 14.4. The quantitative estimate of drug-likeness (QED) is 0.823. The number of imidazole rings is 1. The van der Waals surface area contributed by atoms with Gasteiger partial charge < -0.3 is 15.2 Å². The van der Waals surface area contributed by atoms with Crippen molar-refractivity contribution in [3.63, 3.8) is 0 Å². The molecule has 0 unspecified atom stereocenters. The maximum atomic E-state index is 12.0. The minimum Gasteiger partial charge on any atom is -0.337 e. The summed E-state index contributed by atoms with van der Waals surface area (Å²) in [5.74, 6) is 1.03. The standard InChI is InChI=1S/C12H22N4O/c1-5-9(2)11(13)12(17)16(4)8-10-14-6-7-15(10)3/h6-7,9,11H,5,8,13H2,1-4H3/t9-,11-/m0/s1. The lowest BCUT2D eigenvalue weighted by atomic mass is 9.99. The van der Waals surface area contributed by atoms with E-state index in [4.69, 9.17) is 5.73 Å². The van der Waals surface area contributed by atoms with Gasteiger partial charge in [-0.2, -0.15) is 0 Å². The summed E-state index contributed by atoms with van der Waals surface area (Å²) in [7, 11) is 3.68. The number of carbonyl (C=O) groups excluding carboxylic acids is 1. The van der Waals surface area contributed by atoms with E-state index in [1.807, 2.05) is 31.7 Å². The molecule has 17 heavy (non-hydrogen) atoms. The zero-order chi connectivity index (χ0) is 13.0. The second-order valence-electron chi connectivity index (χ2n) is 4.56. The van der Waals surface area contributed by atoms with Crippen LogP contribution in [-0.4, -0.2) is 33.4 Å². The van der Waals surface area contributed by atoms with E-state index in [-0.39, 0.29) is 11.8 Å². The van der Waals surface area contributed by atoms with Crippen molar-refractivity contribution in [3.05, 3.63) is 18.2 Å². The summed E-state index contributed by atoms with van der Waals surface area (Å²) in [6, 6.07) is -0.426. The second kappa shape index (κ2) is 5.82. The monoisotopic (exact) mass is 238 g/mol. The lowest BCUT2D eigenvalue weighted by Gasteiger charge is -2.24. The Morgan fingerprint density at radius 2 is 2.29 bits per heavy atom. The molecule has 1 aromatic heterocycles. The number of likely N-dealkylation sites (N-methyl/N-ethyl adjacent to an activating group) is 1. The summed E-state index contributed by atoms with van der Waals surface area (Å²) < 4.78 is 1.90. The molecule has 0 aliphatic rings. The first-order chi connectivity index (χ1) is 7.97. The van der Waals surface area contributed by atoms with Crippen molar-refractivity contribution in [2.75, 3.05) is 7.05 Å². The van der Waals surface area contributed by atoms with Crippen molar-refractivity contribution in [1.82, 2.24) is 14.5 Å². The third-order valence-electron chi connectivity index (χ3n) is 3.22. The van der Waals surface area contributed by atoms with E-state index in [0.29, 0.717) is 6.54 Å². The number of nitrogens with zero attached hydrogens (tertiary/aromatic N) is 3. The maximum absolute atomic E-state index is 12.0. The molecule has 1 rings (SSSR count). The first-order valence-electron chi connectivity index (χ1n) is 5.94. The number of hydrogen-bond donors (Lipinski definition) is 1. The Balaban J connectivity index is 2.61. The fourth-order valence-corrected chi connectivity index (χ4v) is 1.59. The van der Waals surface area contributed by atoms with Gasteiger partial charge in [0.1, 0.15) is 5.82 Å². The molecule has 0 aromatic carbocycles. The molecular weight excluding hydrogens is 216 g/mol. The van der Waals surface area contributed by atoms with E-state index >= 15 is 0 Å². The molecule has 0 radical (unpaired) electrons. The largest absolute Gasteiger partial charge is 0.337 e. The van der Waals surface area contributed by atoms with Crippen LogP contribution in [0.15, 0.2) is 12.4 Å². The Hall–Kier alpha value is -1.36. The SMILES string of the molecule is CC[C@H](C)[C@H](N)C(=O)N(C)Cc1nccn1C. The van der Waals surface area contributed by atoms with Gasteiger partial charge in [-0.05, 0) is 5.92 Å². The van der Waals surface area contributed by atoms with Crippen LogP contribution in [0.3, 0.4) is 0 Å². The number of rotatable bonds is 5. The third-order valence-corrected chi connectivity index (χ3v) is 3.22. The number of nitrogens with two attached hydrogens (primary N) is 1. The minimum atomic E-state index is -0.426. The summed E-state index contributed by atoms with van der Waals surface area (Å²) in [5, 5.41) is 0. The van der Waals surface area contributed by atoms with Gasteiger partial charge in [0.15, 0.2) is 0 Å². The number of amides is 1. The zero-order valence-electron chi connectivity index (χ0n) is 11.1. The van der Waals surface area contributed by atoms with Crippen LogP contribution in [-0.2, 0) is 18.4 Å². The van der Waals surface area contributed by atoms with Gasteiger partial charge in [0, 0.05) is 26.5 Å². The van der Waals surface area contributed by atoms with Crippen molar-refractivity contribution >= 4 is 5.91 Å². The van der Waals surface area contributed by atoms with Crippen LogP contribution in [0.1, 0.15) is 26.1 Å². The Morgan fingerprint density at radius 3 is 2.76 bits per heavy atom. The lowest BCUT2D eigenvalue weighted by Crippen LogP contribution is -2.45. The van der Waals surface area contributed by atoms with Crippen molar-refractivity contribution in [1.29, 1.82) is 0 Å². The molecule has 0 fully saturated rings. The molecule has 0 aliphatic heterocycles. The zero-order valence-corrected chi connectivity index (χ0v) is 11.1. The van der Waals surface area contributed by atoms with Gasteiger partial charge in [-0.15, -0.1) is 0 Å². The molecule has 96 valence electrons. The average Bonchev–Trinajstić information content (AvgIpc) is 2.72. The molecule has 5 nitrogen and oxygen atoms in total. The van der Waals surface area contributed by atoms with Gasteiger partial charge >= 0.3 is 0 Å². The topological polar surface area (TPSA) is 64.2 Å². The van der Waals surface area contributed by atoms with Crippen LogP contribution in [0.5, 0.6) is 0 Å². The molecule has 1 aromatic rings. The summed E-state index contributed by atoms with van der Waals surface area (Å²) in [5.41, 5.74) is 5.92. The van der Waals surface area contributed by atoms with Crippen molar-refractivity contribution in [2.24, 2.45) is 18.7 Å². The summed E-state index contributed by atoms with van der Waals surface area (Å²) >= 11 is 0. The van der Waals surface area contributed by atoms with Crippen molar-refractivity contribution < 1.29 is 4.79 Å². The van der Waals surface area contributed by atoms with Crippen LogP contribution in [0.25, 0.3) is 0 Å². The molecule has 0 saturated carbocycles. The van der Waals surface area contributed by atoms with Gasteiger partial charge in [0.2, 0.25) is 5.91 Å². The number of hydrogen-bond acceptors (Lipinski definition) is 3. The Labute approximate surface area is 103 Å². The average molecular weight is 238 g/mol. The van der Waals surface area contributed by atoms with E-state index in [2.05, 4.69) is 4.98 Å². The highest BCUT2D eigenvalue weighted by atomic mass is 16.2. The predicted molar refractivity (Wildman–Crippen MR) is 67.1 cm³/mol. The highest BCUT2D eigenvalue weighted by molar-refractivity contribution is 5.81. The molecular formula is C12H22N4O. The van der Waals surface area contributed by atoms with E-state index < -0.39 is 6.04 Å². The van der Waals surface area contributed by atoms with Crippen LogP contribution >= 0.6 is 0 Å². The van der Waals surface area contributed by atoms with Gasteiger partial charge in [-0.3, -0.25) is 4.79 Å². The van der Waals surface area contributed by atoms with Gasteiger partial charge in [0.25, 0.3) is 0 Å². The molecule has 2 atom stereocenters. The molecule has 0 aliphatic carbocycles. The number of aromatic nitrogens is 2. The Kier molecular flexibility index (Phi) is 4.69. The molecule has 2 N–H and O–H groups in total. The fourth-order valence-electron chi connectivity index (χ4n) is 1.59. The van der Waals surface area contributed by atoms with Crippen molar-refractivity contribution in [2.45, 2.75) is 32.9 Å². The van der Waals surface area contributed by atoms with E-state index in [1.54, 1.807) is 18.1 Å². The van der Waals surface area contributed by atoms with Crippen LogP contribution in [0, 0.1) is 5.92 Å². The van der Waals surface area contributed by atoms with Crippen LogP contribution in [0.2, 0.25) is 0 Å². The van der Waals surface area contributed by atoms with Crippen molar-refractivity contribution in [3.8, 4) is 0 Å². The van der Waals surface area contributed by atoms with Crippen LogP contribution in [0.4, 0.5) is 0 Å². The summed E-state index contributed by atoms with van der Waals surface area (Å²) in [4.78, 5) is 17.9. The second-order valence-corrected chi connectivity index (χ2v) is 4.56. The molecule has 1 amide bonds. The van der Waals surface area contributed by atoms with E-state index in [1.165, 1.54) is 0 Å². The number of carbonyl (C=O) groups is 1. The first kappa shape index (κ1) is 13.7. The van der Waals surface area contributed by atoms with Gasteiger partial charge in [-0.25, -0.2) is 4.98 Å².